The smallest absolute Gasteiger partial charge is 0.308 e. The molecule has 0 aromatic carbocycles. The summed E-state index contributed by atoms with van der Waals surface area (Å²) in [7, 11) is 0. The lowest BCUT2D eigenvalue weighted by Gasteiger charge is -2.29. The normalized spacial score (nSPS) is 23.6. The summed E-state index contributed by atoms with van der Waals surface area (Å²) in [6.45, 7) is 0.00976. The second-order valence-corrected chi connectivity index (χ2v) is 4.41. The number of carbonyl (C=O) groups excluding carboxylic acids is 1. The SMILES string of the molecule is O=C(Cn1cnnn1)NC1CCCCC1C(=O)O. The van der Waals surface area contributed by atoms with Gasteiger partial charge < -0.3 is 10.4 Å². The fourth-order valence-electron chi connectivity index (χ4n) is 2.25. The van der Waals surface area contributed by atoms with Gasteiger partial charge in [-0.25, -0.2) is 4.68 Å². The van der Waals surface area contributed by atoms with Crippen molar-refractivity contribution in [3.63, 3.8) is 0 Å². The number of carboxylic acids is 1. The highest BCUT2D eigenvalue weighted by molar-refractivity contribution is 5.78. The Bertz CT molecular complexity index is 419. The molecule has 0 saturated heterocycles. The lowest BCUT2D eigenvalue weighted by atomic mass is 9.84. The van der Waals surface area contributed by atoms with Crippen LogP contribution in [-0.4, -0.2) is 43.2 Å². The Hall–Kier alpha value is -1.99. The van der Waals surface area contributed by atoms with E-state index in [1.165, 1.54) is 11.0 Å². The molecule has 1 saturated carbocycles. The van der Waals surface area contributed by atoms with Crippen molar-refractivity contribution < 1.29 is 14.7 Å². The van der Waals surface area contributed by atoms with Gasteiger partial charge in [0.05, 0.1) is 5.92 Å². The van der Waals surface area contributed by atoms with E-state index in [1.54, 1.807) is 0 Å². The zero-order valence-electron chi connectivity index (χ0n) is 9.82. The molecule has 1 aromatic heterocycles. The number of carbonyl (C=O) groups is 2. The van der Waals surface area contributed by atoms with E-state index in [1.807, 2.05) is 0 Å². The minimum Gasteiger partial charge on any atom is -0.481 e. The van der Waals surface area contributed by atoms with Crippen molar-refractivity contribution in [1.29, 1.82) is 0 Å². The van der Waals surface area contributed by atoms with Crippen LogP contribution < -0.4 is 5.32 Å². The van der Waals surface area contributed by atoms with Crippen molar-refractivity contribution in [1.82, 2.24) is 25.5 Å². The van der Waals surface area contributed by atoms with E-state index in [-0.39, 0.29) is 18.5 Å². The lowest BCUT2D eigenvalue weighted by Crippen LogP contribution is -2.46. The van der Waals surface area contributed by atoms with Crippen LogP contribution >= 0.6 is 0 Å². The molecule has 0 spiro atoms. The van der Waals surface area contributed by atoms with Crippen LogP contribution in [0, 0.1) is 5.92 Å². The second-order valence-electron chi connectivity index (χ2n) is 4.41. The van der Waals surface area contributed by atoms with Gasteiger partial charge in [0.2, 0.25) is 5.91 Å². The average molecular weight is 253 g/mol. The number of carboxylic acid groups (broad SMARTS) is 1. The molecule has 98 valence electrons. The highest BCUT2D eigenvalue weighted by Crippen LogP contribution is 2.24. The van der Waals surface area contributed by atoms with Gasteiger partial charge in [0, 0.05) is 6.04 Å². The maximum atomic E-state index is 11.7. The van der Waals surface area contributed by atoms with Crippen molar-refractivity contribution in [3.05, 3.63) is 6.33 Å². The molecule has 0 bridgehead atoms. The summed E-state index contributed by atoms with van der Waals surface area (Å²) < 4.78 is 1.30. The number of nitrogens with zero attached hydrogens (tertiary/aromatic N) is 4. The summed E-state index contributed by atoms with van der Waals surface area (Å²) in [5, 5.41) is 22.3. The third kappa shape index (κ3) is 3.02. The molecule has 1 aliphatic carbocycles. The number of nitrogens with one attached hydrogen (secondary N) is 1. The topological polar surface area (TPSA) is 110 Å². The first-order chi connectivity index (χ1) is 8.66. The third-order valence-corrected chi connectivity index (χ3v) is 3.13. The van der Waals surface area contributed by atoms with Gasteiger partial charge in [-0.2, -0.15) is 0 Å². The minimum absolute atomic E-state index is 0.00976. The highest BCUT2D eigenvalue weighted by atomic mass is 16.4. The Labute approximate surface area is 103 Å². The van der Waals surface area contributed by atoms with E-state index >= 15 is 0 Å². The van der Waals surface area contributed by atoms with Gasteiger partial charge in [0.15, 0.2) is 0 Å². The highest BCUT2D eigenvalue weighted by Gasteiger charge is 2.31. The van der Waals surface area contributed by atoms with E-state index < -0.39 is 11.9 Å². The second kappa shape index (κ2) is 5.56. The number of tetrazole rings is 1. The van der Waals surface area contributed by atoms with Crippen LogP contribution in [0.5, 0.6) is 0 Å². The van der Waals surface area contributed by atoms with Crippen molar-refractivity contribution in [2.75, 3.05) is 0 Å². The van der Waals surface area contributed by atoms with Gasteiger partial charge in [-0.1, -0.05) is 12.8 Å². The van der Waals surface area contributed by atoms with Gasteiger partial charge in [0.25, 0.3) is 0 Å². The monoisotopic (exact) mass is 253 g/mol. The summed E-state index contributed by atoms with van der Waals surface area (Å²) in [6.07, 6.45) is 4.51. The number of aromatic nitrogens is 4. The lowest BCUT2D eigenvalue weighted by molar-refractivity contribution is -0.144. The van der Waals surface area contributed by atoms with Crippen molar-refractivity contribution >= 4 is 11.9 Å². The number of amides is 1. The van der Waals surface area contributed by atoms with Gasteiger partial charge in [0.1, 0.15) is 12.9 Å². The first-order valence-corrected chi connectivity index (χ1v) is 5.90. The van der Waals surface area contributed by atoms with Gasteiger partial charge >= 0.3 is 5.97 Å². The maximum absolute atomic E-state index is 11.7. The summed E-state index contributed by atoms with van der Waals surface area (Å²) in [5.41, 5.74) is 0. The van der Waals surface area contributed by atoms with Crippen LogP contribution in [0.3, 0.4) is 0 Å². The van der Waals surface area contributed by atoms with Gasteiger partial charge in [-0.15, -0.1) is 5.10 Å². The fraction of sp³-hybridized carbons (Fsp3) is 0.700. The van der Waals surface area contributed by atoms with Gasteiger partial charge in [-0.3, -0.25) is 9.59 Å². The van der Waals surface area contributed by atoms with Crippen molar-refractivity contribution in [2.24, 2.45) is 5.92 Å². The zero-order chi connectivity index (χ0) is 13.0. The van der Waals surface area contributed by atoms with E-state index in [0.717, 1.165) is 12.8 Å². The average Bonchev–Trinajstić information content (AvgIpc) is 2.82. The number of rotatable bonds is 4. The summed E-state index contributed by atoms with van der Waals surface area (Å²) in [5.74, 6) is -1.60. The molecule has 1 aliphatic rings. The molecule has 0 radical (unpaired) electrons. The van der Waals surface area contributed by atoms with Crippen LogP contribution in [0.4, 0.5) is 0 Å². The molecule has 1 heterocycles. The van der Waals surface area contributed by atoms with Crippen LogP contribution in [-0.2, 0) is 16.1 Å². The molecule has 0 aliphatic heterocycles. The molecule has 1 fully saturated rings. The molecule has 8 heteroatoms. The van der Waals surface area contributed by atoms with Crippen LogP contribution in [0.15, 0.2) is 6.33 Å². The van der Waals surface area contributed by atoms with E-state index in [9.17, 15) is 9.59 Å². The minimum atomic E-state index is -0.845. The Morgan fingerprint density at radius 1 is 1.39 bits per heavy atom. The summed E-state index contributed by atoms with van der Waals surface area (Å²) in [4.78, 5) is 22.8. The molecule has 2 rings (SSSR count). The predicted molar refractivity (Wildman–Crippen MR) is 59.3 cm³/mol. The molecule has 2 atom stereocenters. The largest absolute Gasteiger partial charge is 0.481 e. The molecule has 18 heavy (non-hydrogen) atoms. The Kier molecular flexibility index (Phi) is 3.85. The maximum Gasteiger partial charge on any atom is 0.308 e. The van der Waals surface area contributed by atoms with Crippen LogP contribution in [0.25, 0.3) is 0 Å². The van der Waals surface area contributed by atoms with Crippen molar-refractivity contribution in [2.45, 2.75) is 38.3 Å². The van der Waals surface area contributed by atoms with E-state index in [0.29, 0.717) is 12.8 Å². The molecule has 2 N–H and O–H groups in total. The zero-order valence-corrected chi connectivity index (χ0v) is 9.82. The standard InChI is InChI=1S/C10H15N5O3/c16-9(5-15-6-11-13-14-15)12-8-4-2-1-3-7(8)10(17)18/h6-8H,1-5H2,(H,12,16)(H,17,18). The molecule has 8 nitrogen and oxygen atoms in total. The molecular weight excluding hydrogens is 238 g/mol. The first-order valence-electron chi connectivity index (χ1n) is 5.90. The van der Waals surface area contributed by atoms with E-state index in [4.69, 9.17) is 5.11 Å². The van der Waals surface area contributed by atoms with E-state index in [2.05, 4.69) is 20.8 Å². The molecule has 1 aromatic rings. The van der Waals surface area contributed by atoms with Crippen LogP contribution in [0.2, 0.25) is 0 Å². The van der Waals surface area contributed by atoms with Crippen LogP contribution in [0.1, 0.15) is 25.7 Å². The quantitative estimate of drug-likeness (QED) is 0.743. The summed E-state index contributed by atoms with van der Waals surface area (Å²) in [6, 6.07) is -0.291. The molecular formula is C10H15N5O3. The molecule has 2 unspecified atom stereocenters. The van der Waals surface area contributed by atoms with Crippen molar-refractivity contribution in [3.8, 4) is 0 Å². The number of hydrogen-bond acceptors (Lipinski definition) is 5. The fourth-order valence-corrected chi connectivity index (χ4v) is 2.25. The summed E-state index contributed by atoms with van der Waals surface area (Å²) >= 11 is 0. The number of aliphatic carboxylic acids is 1. The third-order valence-electron chi connectivity index (χ3n) is 3.13. The Morgan fingerprint density at radius 3 is 2.83 bits per heavy atom. The Balaban J connectivity index is 1.90. The molecule has 1 amide bonds. The first kappa shape index (κ1) is 12.5. The van der Waals surface area contributed by atoms with Gasteiger partial charge in [-0.05, 0) is 23.3 Å². The Morgan fingerprint density at radius 2 is 2.17 bits per heavy atom. The number of hydrogen-bond donors (Lipinski definition) is 2. The predicted octanol–water partition coefficient (Wildman–Crippen LogP) is -0.567.